The Morgan fingerprint density at radius 3 is 2.87 bits per heavy atom. The van der Waals surface area contributed by atoms with Crippen molar-refractivity contribution in [2.24, 2.45) is 11.8 Å². The summed E-state index contributed by atoms with van der Waals surface area (Å²) < 4.78 is 1.86. The SMILES string of the molecule is CCC1CN(C#N)CC1C(=O)Nc1cn(-c2ccccc2)cn1. The molecule has 1 amide bonds. The van der Waals surface area contributed by atoms with Gasteiger partial charge in [0.15, 0.2) is 12.0 Å². The lowest BCUT2D eigenvalue weighted by Crippen LogP contribution is -2.28. The monoisotopic (exact) mass is 309 g/mol. The molecule has 0 radical (unpaired) electrons. The number of amides is 1. The molecule has 0 saturated carbocycles. The maximum absolute atomic E-state index is 12.5. The number of hydrogen-bond donors (Lipinski definition) is 1. The first-order valence-electron chi connectivity index (χ1n) is 7.76. The van der Waals surface area contributed by atoms with Gasteiger partial charge in [-0.25, -0.2) is 4.98 Å². The Balaban J connectivity index is 1.69. The first-order chi connectivity index (χ1) is 11.2. The van der Waals surface area contributed by atoms with Crippen molar-refractivity contribution < 1.29 is 4.79 Å². The van der Waals surface area contributed by atoms with E-state index in [2.05, 4.69) is 23.4 Å². The van der Waals surface area contributed by atoms with E-state index in [0.29, 0.717) is 18.9 Å². The van der Waals surface area contributed by atoms with E-state index in [-0.39, 0.29) is 17.7 Å². The summed E-state index contributed by atoms with van der Waals surface area (Å²) in [5, 5.41) is 11.9. The van der Waals surface area contributed by atoms with Crippen molar-refractivity contribution in [1.29, 1.82) is 5.26 Å². The zero-order valence-electron chi connectivity index (χ0n) is 13.0. The smallest absolute Gasteiger partial charge is 0.230 e. The number of nitriles is 1. The first-order valence-corrected chi connectivity index (χ1v) is 7.76. The number of rotatable bonds is 4. The second kappa shape index (κ2) is 6.53. The van der Waals surface area contributed by atoms with Gasteiger partial charge in [0.05, 0.1) is 12.1 Å². The number of carbonyl (C=O) groups excluding carboxylic acids is 1. The topological polar surface area (TPSA) is 74.0 Å². The van der Waals surface area contributed by atoms with Gasteiger partial charge in [0.1, 0.15) is 6.33 Å². The summed E-state index contributed by atoms with van der Waals surface area (Å²) in [7, 11) is 0. The Hall–Kier alpha value is -2.81. The molecule has 1 saturated heterocycles. The molecule has 0 bridgehead atoms. The predicted molar refractivity (Wildman–Crippen MR) is 86.7 cm³/mol. The number of nitrogens with zero attached hydrogens (tertiary/aromatic N) is 4. The molecule has 2 unspecified atom stereocenters. The summed E-state index contributed by atoms with van der Waals surface area (Å²) in [6.45, 7) is 3.19. The number of aromatic nitrogens is 2. The van der Waals surface area contributed by atoms with Crippen LogP contribution in [0.4, 0.5) is 5.82 Å². The van der Waals surface area contributed by atoms with Gasteiger partial charge in [-0.3, -0.25) is 4.79 Å². The Morgan fingerprint density at radius 1 is 1.39 bits per heavy atom. The lowest BCUT2D eigenvalue weighted by molar-refractivity contribution is -0.120. The van der Waals surface area contributed by atoms with Crippen molar-refractivity contribution in [3.05, 3.63) is 42.9 Å². The van der Waals surface area contributed by atoms with Crippen LogP contribution in [0.25, 0.3) is 5.69 Å². The number of para-hydroxylation sites is 1. The van der Waals surface area contributed by atoms with E-state index < -0.39 is 0 Å². The first kappa shape index (κ1) is 15.1. The van der Waals surface area contributed by atoms with E-state index in [0.717, 1.165) is 12.1 Å². The molecule has 2 heterocycles. The van der Waals surface area contributed by atoms with E-state index in [4.69, 9.17) is 5.26 Å². The van der Waals surface area contributed by atoms with Gasteiger partial charge in [0.25, 0.3) is 0 Å². The van der Waals surface area contributed by atoms with Crippen LogP contribution in [0.3, 0.4) is 0 Å². The average molecular weight is 309 g/mol. The van der Waals surface area contributed by atoms with Crippen molar-refractivity contribution in [2.75, 3.05) is 18.4 Å². The Kier molecular flexibility index (Phi) is 4.29. The molecule has 1 aliphatic heterocycles. The van der Waals surface area contributed by atoms with Crippen molar-refractivity contribution in [3.63, 3.8) is 0 Å². The van der Waals surface area contributed by atoms with Crippen molar-refractivity contribution in [3.8, 4) is 11.9 Å². The van der Waals surface area contributed by atoms with Crippen molar-refractivity contribution in [2.45, 2.75) is 13.3 Å². The molecule has 6 heteroatoms. The van der Waals surface area contributed by atoms with Crippen LogP contribution < -0.4 is 5.32 Å². The molecule has 2 atom stereocenters. The number of benzene rings is 1. The maximum Gasteiger partial charge on any atom is 0.230 e. The minimum atomic E-state index is -0.165. The predicted octanol–water partition coefficient (Wildman–Crippen LogP) is 2.25. The van der Waals surface area contributed by atoms with Gasteiger partial charge >= 0.3 is 0 Å². The molecule has 1 aliphatic rings. The largest absolute Gasteiger partial charge is 0.310 e. The quantitative estimate of drug-likeness (QED) is 0.879. The number of carbonyl (C=O) groups is 1. The van der Waals surface area contributed by atoms with Gasteiger partial charge in [-0.15, -0.1) is 0 Å². The van der Waals surface area contributed by atoms with E-state index in [1.54, 1.807) is 17.4 Å². The fraction of sp³-hybridized carbons (Fsp3) is 0.353. The third kappa shape index (κ3) is 3.19. The lowest BCUT2D eigenvalue weighted by Gasteiger charge is -2.14. The number of likely N-dealkylation sites (tertiary alicyclic amines) is 1. The summed E-state index contributed by atoms with van der Waals surface area (Å²) in [5.74, 6) is 0.518. The van der Waals surface area contributed by atoms with Crippen LogP contribution in [0.5, 0.6) is 0 Å². The number of nitrogens with one attached hydrogen (secondary N) is 1. The molecule has 2 aromatic rings. The molecule has 1 aromatic carbocycles. The van der Waals surface area contributed by atoms with Gasteiger partial charge in [-0.1, -0.05) is 31.5 Å². The molecule has 0 spiro atoms. The summed E-state index contributed by atoms with van der Waals surface area (Å²) in [5.41, 5.74) is 0.989. The highest BCUT2D eigenvalue weighted by Crippen LogP contribution is 2.26. The van der Waals surface area contributed by atoms with E-state index in [9.17, 15) is 4.79 Å². The Labute approximate surface area is 135 Å². The fourth-order valence-electron chi connectivity index (χ4n) is 3.01. The van der Waals surface area contributed by atoms with Gasteiger partial charge in [0.2, 0.25) is 5.91 Å². The standard InChI is InChI=1S/C17H19N5O/c1-2-13-8-21(11-18)9-15(13)17(23)20-16-10-22(12-19-16)14-6-4-3-5-7-14/h3-7,10,12-13,15H,2,8-9H2,1H3,(H,20,23). The lowest BCUT2D eigenvalue weighted by atomic mass is 9.93. The number of anilines is 1. The fourth-order valence-corrected chi connectivity index (χ4v) is 3.01. The van der Waals surface area contributed by atoms with Crippen LogP contribution in [0.1, 0.15) is 13.3 Å². The summed E-state index contributed by atoms with van der Waals surface area (Å²) in [4.78, 5) is 18.4. The molecule has 1 N–H and O–H groups in total. The second-order valence-electron chi connectivity index (χ2n) is 5.77. The van der Waals surface area contributed by atoms with E-state index in [1.165, 1.54) is 0 Å². The Morgan fingerprint density at radius 2 is 2.17 bits per heavy atom. The third-order valence-electron chi connectivity index (χ3n) is 4.33. The van der Waals surface area contributed by atoms with Gasteiger partial charge in [-0.05, 0) is 18.1 Å². The van der Waals surface area contributed by atoms with Crippen LogP contribution in [0, 0.1) is 23.3 Å². The zero-order chi connectivity index (χ0) is 16.2. The zero-order valence-corrected chi connectivity index (χ0v) is 13.0. The van der Waals surface area contributed by atoms with Gasteiger partial charge in [0, 0.05) is 18.8 Å². The highest BCUT2D eigenvalue weighted by atomic mass is 16.2. The number of imidazole rings is 1. The van der Waals surface area contributed by atoms with Crippen LogP contribution in [-0.4, -0.2) is 33.4 Å². The summed E-state index contributed by atoms with van der Waals surface area (Å²) in [6.07, 6.45) is 6.50. The highest BCUT2D eigenvalue weighted by molar-refractivity contribution is 5.92. The van der Waals surface area contributed by atoms with Crippen molar-refractivity contribution in [1.82, 2.24) is 14.5 Å². The summed E-state index contributed by atoms with van der Waals surface area (Å²) >= 11 is 0. The van der Waals surface area contributed by atoms with Crippen LogP contribution in [0.15, 0.2) is 42.9 Å². The number of hydrogen-bond acceptors (Lipinski definition) is 4. The molecular formula is C17H19N5O. The van der Waals surface area contributed by atoms with Crippen molar-refractivity contribution >= 4 is 11.7 Å². The molecule has 0 aliphatic carbocycles. The third-order valence-corrected chi connectivity index (χ3v) is 4.33. The second-order valence-corrected chi connectivity index (χ2v) is 5.77. The summed E-state index contributed by atoms with van der Waals surface area (Å²) in [6, 6.07) is 9.81. The van der Waals surface area contributed by atoms with E-state index in [1.807, 2.05) is 34.9 Å². The molecular weight excluding hydrogens is 290 g/mol. The van der Waals surface area contributed by atoms with Crippen LogP contribution in [-0.2, 0) is 4.79 Å². The molecule has 118 valence electrons. The molecule has 1 aromatic heterocycles. The van der Waals surface area contributed by atoms with Gasteiger partial charge in [-0.2, -0.15) is 5.26 Å². The van der Waals surface area contributed by atoms with Crippen LogP contribution >= 0.6 is 0 Å². The minimum absolute atomic E-state index is 0.0621. The van der Waals surface area contributed by atoms with Crippen LogP contribution in [0.2, 0.25) is 0 Å². The minimum Gasteiger partial charge on any atom is -0.310 e. The molecule has 6 nitrogen and oxygen atoms in total. The molecule has 1 fully saturated rings. The highest BCUT2D eigenvalue weighted by Gasteiger charge is 2.36. The van der Waals surface area contributed by atoms with Gasteiger partial charge < -0.3 is 14.8 Å². The molecule has 23 heavy (non-hydrogen) atoms. The normalized spacial score (nSPS) is 20.3. The van der Waals surface area contributed by atoms with E-state index >= 15 is 0 Å². The Bertz CT molecular complexity index is 718. The molecule has 3 rings (SSSR count). The average Bonchev–Trinajstić information content (AvgIpc) is 3.22. The maximum atomic E-state index is 12.5.